The van der Waals surface area contributed by atoms with E-state index in [0.29, 0.717) is 6.04 Å². The van der Waals surface area contributed by atoms with E-state index >= 15 is 0 Å². The lowest BCUT2D eigenvalue weighted by atomic mass is 10.1. The highest BCUT2D eigenvalue weighted by Gasteiger charge is 2.24. The van der Waals surface area contributed by atoms with Crippen molar-refractivity contribution in [3.63, 3.8) is 0 Å². The summed E-state index contributed by atoms with van der Waals surface area (Å²) in [7, 11) is 2.16. The van der Waals surface area contributed by atoms with Crippen molar-refractivity contribution in [2.45, 2.75) is 32.2 Å². The molecule has 2 N–H and O–H groups in total. The standard InChI is InChI=1S/C14H18N2/c1-3-9-4-5-13-11(6-9)12-7-10(15)8-14(12)16(13)2/h4-6,10H,3,7-8,15H2,1-2H3. The minimum Gasteiger partial charge on any atom is -0.347 e. The largest absolute Gasteiger partial charge is 0.347 e. The van der Waals surface area contributed by atoms with Crippen LogP contribution in [0.1, 0.15) is 23.7 Å². The Labute approximate surface area is 96.1 Å². The van der Waals surface area contributed by atoms with E-state index in [-0.39, 0.29) is 0 Å². The maximum atomic E-state index is 6.05. The predicted molar refractivity (Wildman–Crippen MR) is 67.7 cm³/mol. The van der Waals surface area contributed by atoms with E-state index in [9.17, 15) is 0 Å². The number of hydrogen-bond donors (Lipinski definition) is 1. The van der Waals surface area contributed by atoms with E-state index in [0.717, 1.165) is 19.3 Å². The fourth-order valence-corrected chi connectivity index (χ4v) is 2.91. The molecule has 0 bridgehead atoms. The van der Waals surface area contributed by atoms with Gasteiger partial charge in [-0.25, -0.2) is 0 Å². The summed E-state index contributed by atoms with van der Waals surface area (Å²) in [5.41, 5.74) is 11.7. The van der Waals surface area contributed by atoms with Crippen LogP contribution in [0.3, 0.4) is 0 Å². The molecule has 0 spiro atoms. The first-order valence-corrected chi connectivity index (χ1v) is 6.05. The van der Waals surface area contributed by atoms with E-state index < -0.39 is 0 Å². The van der Waals surface area contributed by atoms with Gasteiger partial charge >= 0.3 is 0 Å². The third-order valence-electron chi connectivity index (χ3n) is 3.83. The minimum atomic E-state index is 0.325. The Morgan fingerprint density at radius 2 is 2.19 bits per heavy atom. The van der Waals surface area contributed by atoms with Crippen molar-refractivity contribution in [1.29, 1.82) is 0 Å². The molecule has 0 amide bonds. The third kappa shape index (κ3) is 1.23. The molecule has 0 radical (unpaired) electrons. The average Bonchev–Trinajstić information content (AvgIpc) is 2.78. The van der Waals surface area contributed by atoms with Gasteiger partial charge in [0.05, 0.1) is 0 Å². The molecule has 1 aliphatic carbocycles. The van der Waals surface area contributed by atoms with E-state index in [1.807, 2.05) is 0 Å². The van der Waals surface area contributed by atoms with Gasteiger partial charge in [0.1, 0.15) is 0 Å². The monoisotopic (exact) mass is 214 g/mol. The van der Waals surface area contributed by atoms with Gasteiger partial charge < -0.3 is 10.3 Å². The molecule has 0 fully saturated rings. The molecule has 3 rings (SSSR count). The number of rotatable bonds is 1. The van der Waals surface area contributed by atoms with Crippen molar-refractivity contribution < 1.29 is 0 Å². The minimum absolute atomic E-state index is 0.325. The molecule has 84 valence electrons. The van der Waals surface area contributed by atoms with Gasteiger partial charge in [0.15, 0.2) is 0 Å². The van der Waals surface area contributed by atoms with Gasteiger partial charge in [0.2, 0.25) is 0 Å². The van der Waals surface area contributed by atoms with Crippen molar-refractivity contribution in [2.24, 2.45) is 12.8 Å². The Bertz CT molecular complexity index is 551. The quantitative estimate of drug-likeness (QED) is 0.775. The zero-order chi connectivity index (χ0) is 11.3. The van der Waals surface area contributed by atoms with Gasteiger partial charge in [0, 0.05) is 36.1 Å². The van der Waals surface area contributed by atoms with Crippen molar-refractivity contribution >= 4 is 10.9 Å². The lowest BCUT2D eigenvalue weighted by Crippen LogP contribution is -2.20. The van der Waals surface area contributed by atoms with Crippen molar-refractivity contribution in [2.75, 3.05) is 0 Å². The Morgan fingerprint density at radius 1 is 1.38 bits per heavy atom. The second-order valence-electron chi connectivity index (χ2n) is 4.86. The maximum absolute atomic E-state index is 6.05. The first-order chi connectivity index (χ1) is 7.70. The van der Waals surface area contributed by atoms with Gasteiger partial charge in [-0.1, -0.05) is 13.0 Å². The Hall–Kier alpha value is -1.28. The lowest BCUT2D eigenvalue weighted by molar-refractivity contribution is 0.700. The van der Waals surface area contributed by atoms with Crippen LogP contribution in [0, 0.1) is 0 Å². The molecule has 1 aromatic carbocycles. The fraction of sp³-hybridized carbons (Fsp3) is 0.429. The van der Waals surface area contributed by atoms with Crippen LogP contribution in [-0.2, 0) is 26.3 Å². The van der Waals surface area contributed by atoms with Gasteiger partial charge in [0.25, 0.3) is 0 Å². The molecule has 2 aromatic rings. The number of aryl methyl sites for hydroxylation is 2. The smallest absolute Gasteiger partial charge is 0.0482 e. The van der Waals surface area contributed by atoms with Crippen LogP contribution >= 0.6 is 0 Å². The number of benzene rings is 1. The molecular formula is C14H18N2. The predicted octanol–water partition coefficient (Wildman–Crippen LogP) is 2.17. The van der Waals surface area contributed by atoms with Crippen LogP contribution in [0.4, 0.5) is 0 Å². The summed E-state index contributed by atoms with van der Waals surface area (Å²) < 4.78 is 2.32. The van der Waals surface area contributed by atoms with Crippen LogP contribution in [0.5, 0.6) is 0 Å². The maximum Gasteiger partial charge on any atom is 0.0482 e. The van der Waals surface area contributed by atoms with Gasteiger partial charge in [-0.3, -0.25) is 0 Å². The van der Waals surface area contributed by atoms with Crippen molar-refractivity contribution in [3.8, 4) is 0 Å². The zero-order valence-corrected chi connectivity index (χ0v) is 9.96. The molecule has 1 heterocycles. The number of aromatic nitrogens is 1. The Balaban J connectivity index is 2.29. The molecule has 2 heteroatoms. The molecule has 0 aliphatic heterocycles. The Morgan fingerprint density at radius 3 is 2.94 bits per heavy atom. The third-order valence-corrected chi connectivity index (χ3v) is 3.83. The zero-order valence-electron chi connectivity index (χ0n) is 9.96. The van der Waals surface area contributed by atoms with Crippen LogP contribution in [0.2, 0.25) is 0 Å². The first-order valence-electron chi connectivity index (χ1n) is 6.05. The summed E-state index contributed by atoms with van der Waals surface area (Å²) in [6, 6.07) is 7.15. The lowest BCUT2D eigenvalue weighted by Gasteiger charge is -2.05. The molecule has 0 saturated carbocycles. The van der Waals surface area contributed by atoms with Crippen molar-refractivity contribution in [1.82, 2.24) is 4.57 Å². The van der Waals surface area contributed by atoms with Gasteiger partial charge in [-0.05, 0) is 36.1 Å². The summed E-state index contributed by atoms with van der Waals surface area (Å²) in [5, 5.41) is 1.42. The molecule has 1 aliphatic rings. The number of nitrogens with two attached hydrogens (primary N) is 1. The Kier molecular flexibility index (Phi) is 2.08. The molecule has 1 aromatic heterocycles. The molecule has 2 nitrogen and oxygen atoms in total. The van der Waals surface area contributed by atoms with Crippen LogP contribution in [0.15, 0.2) is 18.2 Å². The highest BCUT2D eigenvalue weighted by atomic mass is 15.0. The second-order valence-corrected chi connectivity index (χ2v) is 4.86. The summed E-state index contributed by atoms with van der Waals surface area (Å²) in [6.07, 6.45) is 3.17. The molecule has 1 unspecified atom stereocenters. The van der Waals surface area contributed by atoms with Crippen LogP contribution in [-0.4, -0.2) is 10.6 Å². The van der Waals surface area contributed by atoms with Gasteiger partial charge in [-0.15, -0.1) is 0 Å². The summed E-state index contributed by atoms with van der Waals surface area (Å²) in [5.74, 6) is 0. The highest BCUT2D eigenvalue weighted by molar-refractivity contribution is 5.87. The first kappa shape index (κ1) is 9.91. The molecular weight excluding hydrogens is 196 g/mol. The molecule has 1 atom stereocenters. The summed E-state index contributed by atoms with van der Waals surface area (Å²) in [4.78, 5) is 0. The molecule has 0 saturated heterocycles. The fourth-order valence-electron chi connectivity index (χ4n) is 2.91. The number of hydrogen-bond acceptors (Lipinski definition) is 1. The van der Waals surface area contributed by atoms with E-state index in [1.54, 1.807) is 0 Å². The summed E-state index contributed by atoms with van der Waals surface area (Å²) >= 11 is 0. The number of fused-ring (bicyclic) bond motifs is 3. The number of nitrogens with zero attached hydrogens (tertiary/aromatic N) is 1. The topological polar surface area (TPSA) is 30.9 Å². The summed E-state index contributed by atoms with van der Waals surface area (Å²) in [6.45, 7) is 2.20. The SMILES string of the molecule is CCc1ccc2c(c1)c1c(n2C)CC(N)C1. The normalized spacial score (nSPS) is 19.3. The van der Waals surface area contributed by atoms with Gasteiger partial charge in [-0.2, -0.15) is 0 Å². The second kappa shape index (κ2) is 3.36. The molecule has 16 heavy (non-hydrogen) atoms. The highest BCUT2D eigenvalue weighted by Crippen LogP contribution is 2.32. The average molecular weight is 214 g/mol. The van der Waals surface area contributed by atoms with Crippen LogP contribution in [0.25, 0.3) is 10.9 Å². The van der Waals surface area contributed by atoms with E-state index in [1.165, 1.54) is 27.7 Å². The van der Waals surface area contributed by atoms with E-state index in [4.69, 9.17) is 5.73 Å². The van der Waals surface area contributed by atoms with Crippen LogP contribution < -0.4 is 5.73 Å². The van der Waals surface area contributed by atoms with Crippen molar-refractivity contribution in [3.05, 3.63) is 35.0 Å². The van der Waals surface area contributed by atoms with E-state index in [2.05, 4.69) is 36.7 Å².